The number of halogens is 1. The number of benzene rings is 2. The summed E-state index contributed by atoms with van der Waals surface area (Å²) >= 11 is 3.46. The van der Waals surface area contributed by atoms with Gasteiger partial charge < -0.3 is 10.1 Å². The molecule has 0 radical (unpaired) electrons. The SMILES string of the molecule is Cc1ccc(NC(=O)COc2ccc(C(C)(C)CC(C)(C)C)cc2)c(Br)c1. The van der Waals surface area contributed by atoms with Crippen LogP contribution in [0.5, 0.6) is 5.75 Å². The van der Waals surface area contributed by atoms with E-state index in [4.69, 9.17) is 4.74 Å². The van der Waals surface area contributed by atoms with Crippen LogP contribution in [0.2, 0.25) is 0 Å². The second kappa shape index (κ2) is 8.47. The Kier molecular flexibility index (Phi) is 6.74. The fraction of sp³-hybridized carbons (Fsp3) is 0.435. The van der Waals surface area contributed by atoms with Crippen molar-refractivity contribution in [2.45, 2.75) is 53.4 Å². The van der Waals surface area contributed by atoms with Crippen molar-refractivity contribution in [2.75, 3.05) is 11.9 Å². The third kappa shape index (κ3) is 6.69. The summed E-state index contributed by atoms with van der Waals surface area (Å²) in [5.41, 5.74) is 3.50. The fourth-order valence-corrected chi connectivity index (χ4v) is 4.08. The molecule has 0 aliphatic heterocycles. The highest BCUT2D eigenvalue weighted by molar-refractivity contribution is 9.10. The minimum Gasteiger partial charge on any atom is -0.484 e. The molecule has 0 aliphatic carbocycles. The molecule has 0 heterocycles. The molecule has 0 aromatic heterocycles. The Hall–Kier alpha value is -1.81. The molecule has 0 fully saturated rings. The third-order valence-corrected chi connectivity index (χ3v) is 5.03. The van der Waals surface area contributed by atoms with Crippen LogP contribution in [0.15, 0.2) is 46.9 Å². The van der Waals surface area contributed by atoms with E-state index in [9.17, 15) is 4.79 Å². The Bertz CT molecular complexity index is 789. The molecular formula is C23H30BrNO2. The van der Waals surface area contributed by atoms with Gasteiger partial charge >= 0.3 is 0 Å². The van der Waals surface area contributed by atoms with Crippen LogP contribution in [0.3, 0.4) is 0 Å². The first-order valence-corrected chi connectivity index (χ1v) is 10.0. The number of carbonyl (C=O) groups excluding carboxylic acids is 1. The van der Waals surface area contributed by atoms with E-state index in [-0.39, 0.29) is 23.3 Å². The predicted molar refractivity (Wildman–Crippen MR) is 117 cm³/mol. The van der Waals surface area contributed by atoms with Gasteiger partial charge in [-0.2, -0.15) is 0 Å². The number of rotatable bonds is 6. The van der Waals surface area contributed by atoms with Gasteiger partial charge in [0.2, 0.25) is 0 Å². The second-order valence-corrected chi connectivity index (χ2v) is 9.82. The lowest BCUT2D eigenvalue weighted by Gasteiger charge is -2.33. The van der Waals surface area contributed by atoms with Crippen molar-refractivity contribution in [2.24, 2.45) is 5.41 Å². The summed E-state index contributed by atoms with van der Waals surface area (Å²) in [6, 6.07) is 13.9. The van der Waals surface area contributed by atoms with Gasteiger partial charge in [-0.1, -0.05) is 52.8 Å². The third-order valence-electron chi connectivity index (χ3n) is 4.38. The quantitative estimate of drug-likeness (QED) is 0.567. The van der Waals surface area contributed by atoms with Crippen LogP contribution in [-0.4, -0.2) is 12.5 Å². The molecule has 2 aromatic rings. The predicted octanol–water partition coefficient (Wildman–Crippen LogP) is 6.49. The van der Waals surface area contributed by atoms with Gasteiger partial charge in [-0.25, -0.2) is 0 Å². The van der Waals surface area contributed by atoms with E-state index in [1.54, 1.807) is 0 Å². The molecule has 0 bridgehead atoms. The zero-order chi connectivity index (χ0) is 20.2. The highest BCUT2D eigenvalue weighted by atomic mass is 79.9. The number of nitrogens with one attached hydrogen (secondary N) is 1. The number of ether oxygens (including phenoxy) is 1. The Morgan fingerprint density at radius 2 is 1.67 bits per heavy atom. The van der Waals surface area contributed by atoms with Gasteiger partial charge in [-0.15, -0.1) is 0 Å². The maximum absolute atomic E-state index is 12.1. The highest BCUT2D eigenvalue weighted by Crippen LogP contribution is 2.36. The molecule has 0 saturated carbocycles. The first-order chi connectivity index (χ1) is 12.5. The van der Waals surface area contributed by atoms with E-state index < -0.39 is 0 Å². The van der Waals surface area contributed by atoms with Gasteiger partial charge in [0.05, 0.1) is 5.69 Å². The van der Waals surface area contributed by atoms with Crippen molar-refractivity contribution in [1.29, 1.82) is 0 Å². The Labute approximate surface area is 171 Å². The van der Waals surface area contributed by atoms with E-state index in [2.05, 4.69) is 68.0 Å². The van der Waals surface area contributed by atoms with Crippen LogP contribution < -0.4 is 10.1 Å². The van der Waals surface area contributed by atoms with E-state index in [1.807, 2.05) is 37.3 Å². The molecule has 2 rings (SSSR count). The van der Waals surface area contributed by atoms with Gasteiger partial charge in [0.25, 0.3) is 5.91 Å². The maximum Gasteiger partial charge on any atom is 0.262 e. The van der Waals surface area contributed by atoms with Crippen LogP contribution in [0.25, 0.3) is 0 Å². The number of hydrogen-bond donors (Lipinski definition) is 1. The topological polar surface area (TPSA) is 38.3 Å². The number of aryl methyl sites for hydroxylation is 1. The summed E-state index contributed by atoms with van der Waals surface area (Å²) in [4.78, 5) is 12.1. The molecule has 0 saturated heterocycles. The summed E-state index contributed by atoms with van der Waals surface area (Å²) in [7, 11) is 0. The van der Waals surface area contributed by atoms with E-state index in [1.165, 1.54) is 5.56 Å². The average Bonchev–Trinajstić information content (AvgIpc) is 2.54. The summed E-state index contributed by atoms with van der Waals surface area (Å²) in [6.45, 7) is 13.3. The molecule has 0 aliphatic rings. The zero-order valence-electron chi connectivity index (χ0n) is 17.2. The number of amides is 1. The monoisotopic (exact) mass is 431 g/mol. The van der Waals surface area contributed by atoms with Crippen LogP contribution in [0.4, 0.5) is 5.69 Å². The van der Waals surface area contributed by atoms with Gasteiger partial charge in [0.15, 0.2) is 6.61 Å². The van der Waals surface area contributed by atoms with E-state index >= 15 is 0 Å². The number of anilines is 1. The van der Waals surface area contributed by atoms with Crippen LogP contribution in [-0.2, 0) is 10.2 Å². The van der Waals surface area contributed by atoms with Gasteiger partial charge in [-0.05, 0) is 75.5 Å². The first-order valence-electron chi connectivity index (χ1n) is 9.26. The van der Waals surface area contributed by atoms with Gasteiger partial charge in [0.1, 0.15) is 5.75 Å². The van der Waals surface area contributed by atoms with E-state index in [0.29, 0.717) is 5.75 Å². The van der Waals surface area contributed by atoms with E-state index in [0.717, 1.165) is 22.1 Å². The maximum atomic E-state index is 12.1. The average molecular weight is 432 g/mol. The van der Waals surface area contributed by atoms with Crippen molar-refractivity contribution in [3.05, 3.63) is 58.1 Å². The van der Waals surface area contributed by atoms with Crippen molar-refractivity contribution in [1.82, 2.24) is 0 Å². The summed E-state index contributed by atoms with van der Waals surface area (Å²) in [5, 5.41) is 2.86. The molecule has 0 atom stereocenters. The second-order valence-electron chi connectivity index (χ2n) is 8.97. The molecule has 1 N–H and O–H groups in total. The van der Waals surface area contributed by atoms with Crippen molar-refractivity contribution >= 4 is 27.5 Å². The lowest BCUT2D eigenvalue weighted by molar-refractivity contribution is -0.118. The molecule has 1 amide bonds. The normalized spacial score (nSPS) is 12.0. The number of carbonyl (C=O) groups is 1. The summed E-state index contributed by atoms with van der Waals surface area (Å²) in [6.07, 6.45) is 1.09. The number of hydrogen-bond acceptors (Lipinski definition) is 2. The van der Waals surface area contributed by atoms with Crippen LogP contribution in [0, 0.1) is 12.3 Å². The molecule has 27 heavy (non-hydrogen) atoms. The highest BCUT2D eigenvalue weighted by Gasteiger charge is 2.27. The lowest BCUT2D eigenvalue weighted by atomic mass is 9.72. The molecule has 4 heteroatoms. The Morgan fingerprint density at radius 1 is 1.04 bits per heavy atom. The zero-order valence-corrected chi connectivity index (χ0v) is 18.7. The minimum absolute atomic E-state index is 0.0228. The summed E-state index contributed by atoms with van der Waals surface area (Å²) < 4.78 is 6.51. The van der Waals surface area contributed by atoms with Crippen molar-refractivity contribution < 1.29 is 9.53 Å². The van der Waals surface area contributed by atoms with Crippen molar-refractivity contribution in [3.63, 3.8) is 0 Å². The van der Waals surface area contributed by atoms with Crippen LogP contribution >= 0.6 is 15.9 Å². The smallest absolute Gasteiger partial charge is 0.262 e. The molecular weight excluding hydrogens is 402 g/mol. The Morgan fingerprint density at radius 3 is 2.22 bits per heavy atom. The molecule has 0 unspecified atom stereocenters. The molecule has 0 spiro atoms. The van der Waals surface area contributed by atoms with Gasteiger partial charge in [-0.3, -0.25) is 4.79 Å². The minimum atomic E-state index is -0.184. The lowest BCUT2D eigenvalue weighted by Crippen LogP contribution is -2.24. The fourth-order valence-electron chi connectivity index (χ4n) is 3.49. The molecule has 2 aromatic carbocycles. The van der Waals surface area contributed by atoms with Crippen LogP contribution in [0.1, 0.15) is 52.2 Å². The van der Waals surface area contributed by atoms with Gasteiger partial charge in [0, 0.05) is 4.47 Å². The Balaban J connectivity index is 1.93. The standard InChI is InChI=1S/C23H30BrNO2/c1-16-7-12-20(19(24)13-16)25-21(26)14-27-18-10-8-17(9-11-18)23(5,6)15-22(2,3)4/h7-13H,14-15H2,1-6H3,(H,25,26). The largest absolute Gasteiger partial charge is 0.484 e. The summed E-state index contributed by atoms with van der Waals surface area (Å²) in [5.74, 6) is 0.514. The molecule has 3 nitrogen and oxygen atoms in total. The first kappa shape index (κ1) is 21.5. The van der Waals surface area contributed by atoms with Crippen molar-refractivity contribution in [3.8, 4) is 5.75 Å². The molecule has 146 valence electrons.